The number of benzene rings is 3. The van der Waals surface area contributed by atoms with Crippen LogP contribution in [0.5, 0.6) is 11.5 Å². The molecule has 0 atom stereocenters. The van der Waals surface area contributed by atoms with Crippen molar-refractivity contribution < 1.29 is 19.4 Å². The fourth-order valence-electron chi connectivity index (χ4n) is 3.55. The summed E-state index contributed by atoms with van der Waals surface area (Å²) in [4.78, 5) is 27.8. The van der Waals surface area contributed by atoms with Crippen LogP contribution in [0.25, 0.3) is 11.6 Å². The van der Waals surface area contributed by atoms with Crippen molar-refractivity contribution >= 4 is 29.2 Å². The van der Waals surface area contributed by atoms with Gasteiger partial charge in [-0.15, -0.1) is 0 Å². The smallest absolute Gasteiger partial charge is 0.265 e. The largest absolute Gasteiger partial charge is 0.504 e. The number of rotatable bonds is 4. The number of carbonyl (C=O) groups excluding carboxylic acids is 2. The lowest BCUT2D eigenvalue weighted by atomic mass is 9.91. The van der Waals surface area contributed by atoms with Crippen molar-refractivity contribution in [3.63, 3.8) is 0 Å². The fourth-order valence-corrected chi connectivity index (χ4v) is 3.55. The molecule has 0 radical (unpaired) electrons. The topological polar surface area (TPSA) is 66.8 Å². The van der Waals surface area contributed by atoms with E-state index in [1.165, 1.54) is 11.0 Å². The number of imide groups is 1. The second-order valence-electron chi connectivity index (χ2n) is 7.05. The number of nitrogens with zero attached hydrogens (tertiary/aromatic N) is 1. The molecule has 2 amide bonds. The summed E-state index contributed by atoms with van der Waals surface area (Å²) in [5, 5.41) is 9.97. The van der Waals surface area contributed by atoms with Gasteiger partial charge in [-0.2, -0.15) is 0 Å². The number of fused-ring (bicyclic) bond motifs is 1. The zero-order valence-electron chi connectivity index (χ0n) is 16.8. The average molecular weight is 399 g/mol. The minimum atomic E-state index is -0.393. The van der Waals surface area contributed by atoms with E-state index >= 15 is 0 Å². The number of carbonyl (C=O) groups is 2. The van der Waals surface area contributed by atoms with Gasteiger partial charge in [0, 0.05) is 11.1 Å². The number of aryl methyl sites for hydroxylation is 1. The van der Waals surface area contributed by atoms with Crippen LogP contribution in [0.2, 0.25) is 0 Å². The lowest BCUT2D eigenvalue weighted by molar-refractivity contribution is -0.112. The molecule has 3 aromatic rings. The Morgan fingerprint density at radius 3 is 2.43 bits per heavy atom. The zero-order chi connectivity index (χ0) is 21.3. The number of aromatic hydroxyl groups is 1. The van der Waals surface area contributed by atoms with Crippen molar-refractivity contribution in [3.8, 4) is 11.5 Å². The molecule has 0 bridgehead atoms. The third kappa shape index (κ3) is 3.46. The highest BCUT2D eigenvalue weighted by molar-refractivity contribution is 6.43. The molecule has 0 aromatic heterocycles. The molecule has 5 heteroatoms. The molecule has 4 rings (SSSR count). The van der Waals surface area contributed by atoms with Crippen molar-refractivity contribution in [1.29, 1.82) is 0 Å². The van der Waals surface area contributed by atoms with Gasteiger partial charge in [-0.05, 0) is 66.9 Å². The Hall–Kier alpha value is -3.86. The molecule has 1 N–H and O–H groups in total. The van der Waals surface area contributed by atoms with Crippen molar-refractivity contribution in [2.75, 3.05) is 11.5 Å². The first-order valence-electron chi connectivity index (χ1n) is 9.72. The summed E-state index contributed by atoms with van der Waals surface area (Å²) in [5.74, 6) is -0.365. The molecular formula is C25H21NO4. The molecule has 0 aliphatic carbocycles. The van der Waals surface area contributed by atoms with Gasteiger partial charge in [0.1, 0.15) is 0 Å². The van der Waals surface area contributed by atoms with Crippen LogP contribution in [-0.2, 0) is 4.79 Å². The number of ether oxygens (including phenoxy) is 1. The summed E-state index contributed by atoms with van der Waals surface area (Å²) in [6, 6.07) is 19.3. The second-order valence-corrected chi connectivity index (χ2v) is 7.05. The lowest BCUT2D eigenvalue weighted by Crippen LogP contribution is -2.41. The SMILES string of the molecule is CCOc1cc(/C=C2/C(=O)N(c3cccc(C)c3)C(=O)c3ccccc32)ccc1O. The van der Waals surface area contributed by atoms with Crippen LogP contribution in [0.3, 0.4) is 0 Å². The molecule has 1 aliphatic heterocycles. The number of hydrogen-bond acceptors (Lipinski definition) is 4. The summed E-state index contributed by atoms with van der Waals surface area (Å²) in [6.07, 6.45) is 1.72. The normalized spacial score (nSPS) is 14.7. The number of hydrogen-bond donors (Lipinski definition) is 1. The Kier molecular flexibility index (Phi) is 5.11. The maximum Gasteiger partial charge on any atom is 0.265 e. The monoisotopic (exact) mass is 399 g/mol. The van der Waals surface area contributed by atoms with Gasteiger partial charge in [0.15, 0.2) is 11.5 Å². The van der Waals surface area contributed by atoms with Crippen LogP contribution in [0.4, 0.5) is 5.69 Å². The molecule has 150 valence electrons. The quantitative estimate of drug-likeness (QED) is 0.504. The molecule has 0 saturated heterocycles. The third-order valence-corrected chi connectivity index (χ3v) is 4.94. The van der Waals surface area contributed by atoms with E-state index in [2.05, 4.69) is 0 Å². The van der Waals surface area contributed by atoms with Crippen LogP contribution in [0, 0.1) is 6.92 Å². The Morgan fingerprint density at radius 1 is 0.933 bits per heavy atom. The van der Waals surface area contributed by atoms with Gasteiger partial charge in [-0.3, -0.25) is 9.59 Å². The standard InChI is InChI=1S/C25H21NO4/c1-3-30-23-15-17(11-12-22(23)27)14-21-19-9-4-5-10-20(19)24(28)26(25(21)29)18-8-6-7-16(2)13-18/h4-15,27H,3H2,1-2H3/b21-14+. The molecule has 0 saturated carbocycles. The number of anilines is 1. The van der Waals surface area contributed by atoms with Crippen LogP contribution >= 0.6 is 0 Å². The summed E-state index contributed by atoms with van der Waals surface area (Å²) in [5.41, 5.74) is 3.63. The number of phenolic OH excluding ortho intramolecular Hbond substituents is 1. The Bertz CT molecular complexity index is 1180. The maximum atomic E-state index is 13.4. The minimum absolute atomic E-state index is 0.0333. The van der Waals surface area contributed by atoms with Crippen molar-refractivity contribution in [1.82, 2.24) is 0 Å². The van der Waals surface area contributed by atoms with Gasteiger partial charge in [0.25, 0.3) is 11.8 Å². The van der Waals surface area contributed by atoms with Gasteiger partial charge < -0.3 is 9.84 Å². The average Bonchev–Trinajstić information content (AvgIpc) is 2.74. The summed E-state index contributed by atoms with van der Waals surface area (Å²) < 4.78 is 5.45. The molecule has 0 unspecified atom stereocenters. The van der Waals surface area contributed by atoms with Gasteiger partial charge in [-0.25, -0.2) is 4.90 Å². The minimum Gasteiger partial charge on any atom is -0.504 e. The van der Waals surface area contributed by atoms with Crippen LogP contribution in [0.15, 0.2) is 66.7 Å². The second kappa shape index (κ2) is 7.87. The highest BCUT2D eigenvalue weighted by atomic mass is 16.5. The highest BCUT2D eigenvalue weighted by Gasteiger charge is 2.35. The molecular weight excluding hydrogens is 378 g/mol. The van der Waals surface area contributed by atoms with E-state index in [0.717, 1.165) is 5.56 Å². The van der Waals surface area contributed by atoms with Crippen molar-refractivity contribution in [2.24, 2.45) is 0 Å². The summed E-state index contributed by atoms with van der Waals surface area (Å²) >= 11 is 0. The van der Waals surface area contributed by atoms with Gasteiger partial charge in [0.05, 0.1) is 12.3 Å². The molecule has 0 fully saturated rings. The van der Waals surface area contributed by atoms with Crippen molar-refractivity contribution in [3.05, 3.63) is 89.0 Å². The van der Waals surface area contributed by atoms with E-state index in [4.69, 9.17) is 4.74 Å². The lowest BCUT2D eigenvalue weighted by Gasteiger charge is -2.29. The molecule has 1 heterocycles. The molecule has 1 aliphatic rings. The molecule has 0 spiro atoms. The predicted octanol–water partition coefficient (Wildman–Crippen LogP) is 4.83. The Morgan fingerprint density at radius 2 is 1.70 bits per heavy atom. The van der Waals surface area contributed by atoms with Gasteiger partial charge >= 0.3 is 0 Å². The summed E-state index contributed by atoms with van der Waals surface area (Å²) in [7, 11) is 0. The highest BCUT2D eigenvalue weighted by Crippen LogP contribution is 2.35. The van der Waals surface area contributed by atoms with E-state index < -0.39 is 5.91 Å². The Labute approximate surface area is 174 Å². The Balaban J connectivity index is 1.87. The van der Waals surface area contributed by atoms with Crippen LogP contribution < -0.4 is 9.64 Å². The summed E-state index contributed by atoms with van der Waals surface area (Å²) in [6.45, 7) is 4.15. The number of amides is 2. The zero-order valence-corrected chi connectivity index (χ0v) is 16.8. The van der Waals surface area contributed by atoms with Crippen molar-refractivity contribution in [2.45, 2.75) is 13.8 Å². The first-order chi connectivity index (χ1) is 14.5. The van der Waals surface area contributed by atoms with E-state index in [-0.39, 0.29) is 11.7 Å². The van der Waals surface area contributed by atoms with E-state index in [0.29, 0.717) is 40.3 Å². The van der Waals surface area contributed by atoms with E-state index in [1.807, 2.05) is 32.0 Å². The molecule has 3 aromatic carbocycles. The van der Waals surface area contributed by atoms with Gasteiger partial charge in [-0.1, -0.05) is 36.4 Å². The maximum absolute atomic E-state index is 13.4. The predicted molar refractivity (Wildman–Crippen MR) is 117 cm³/mol. The molecule has 5 nitrogen and oxygen atoms in total. The first kappa shape index (κ1) is 19.5. The van der Waals surface area contributed by atoms with E-state index in [1.54, 1.807) is 48.5 Å². The molecule has 30 heavy (non-hydrogen) atoms. The fraction of sp³-hybridized carbons (Fsp3) is 0.120. The first-order valence-corrected chi connectivity index (χ1v) is 9.72. The number of phenols is 1. The van der Waals surface area contributed by atoms with Crippen LogP contribution in [0.1, 0.15) is 34.0 Å². The van der Waals surface area contributed by atoms with E-state index in [9.17, 15) is 14.7 Å². The van der Waals surface area contributed by atoms with Crippen LogP contribution in [-0.4, -0.2) is 23.5 Å². The van der Waals surface area contributed by atoms with Gasteiger partial charge in [0.2, 0.25) is 0 Å². The third-order valence-electron chi connectivity index (χ3n) is 4.94.